The first-order valence-electron chi connectivity index (χ1n) is 8.82. The van der Waals surface area contributed by atoms with Gasteiger partial charge in [-0.05, 0) is 60.9 Å². The Bertz CT molecular complexity index is 710. The minimum Gasteiger partial charge on any atom is -0.326 e. The van der Waals surface area contributed by atoms with Gasteiger partial charge in [0.25, 0.3) is 0 Å². The van der Waals surface area contributed by atoms with Crippen molar-refractivity contribution in [1.82, 2.24) is 5.32 Å². The zero-order valence-corrected chi connectivity index (χ0v) is 14.5. The largest absolute Gasteiger partial charge is 0.326 e. The van der Waals surface area contributed by atoms with E-state index in [1.807, 2.05) is 18.2 Å². The zero-order valence-electron chi connectivity index (χ0n) is 14.5. The van der Waals surface area contributed by atoms with Crippen molar-refractivity contribution >= 4 is 11.6 Å². The van der Waals surface area contributed by atoms with Crippen molar-refractivity contribution in [3.05, 3.63) is 65.2 Å². The van der Waals surface area contributed by atoms with Crippen molar-refractivity contribution in [2.75, 3.05) is 11.9 Å². The van der Waals surface area contributed by atoms with Crippen LogP contribution in [0.2, 0.25) is 0 Å². The third kappa shape index (κ3) is 4.04. The van der Waals surface area contributed by atoms with Gasteiger partial charge in [-0.2, -0.15) is 0 Å². The van der Waals surface area contributed by atoms with Crippen LogP contribution in [0, 0.1) is 0 Å². The van der Waals surface area contributed by atoms with Crippen molar-refractivity contribution in [2.45, 2.75) is 45.1 Å². The Morgan fingerprint density at radius 3 is 2.88 bits per heavy atom. The monoisotopic (exact) mass is 322 g/mol. The molecular weight excluding hydrogens is 296 g/mol. The lowest BCUT2D eigenvalue weighted by molar-refractivity contribution is -0.114. The summed E-state index contributed by atoms with van der Waals surface area (Å²) in [4.78, 5) is 11.2. The third-order valence-corrected chi connectivity index (χ3v) is 4.87. The number of benzene rings is 2. The van der Waals surface area contributed by atoms with Crippen molar-refractivity contribution in [2.24, 2.45) is 0 Å². The minimum atomic E-state index is -0.0356. The fourth-order valence-corrected chi connectivity index (χ4v) is 3.59. The molecule has 2 atom stereocenters. The van der Waals surface area contributed by atoms with E-state index < -0.39 is 0 Å². The number of hydrogen-bond acceptors (Lipinski definition) is 2. The van der Waals surface area contributed by atoms with Crippen molar-refractivity contribution in [3.63, 3.8) is 0 Å². The van der Waals surface area contributed by atoms with Crippen LogP contribution in [0.1, 0.15) is 55.3 Å². The molecule has 0 saturated heterocycles. The summed E-state index contributed by atoms with van der Waals surface area (Å²) >= 11 is 0. The number of rotatable bonds is 5. The summed E-state index contributed by atoms with van der Waals surface area (Å²) in [7, 11) is 0. The Kier molecular flexibility index (Phi) is 5.31. The molecule has 2 aromatic rings. The first kappa shape index (κ1) is 16.7. The summed E-state index contributed by atoms with van der Waals surface area (Å²) in [5.41, 5.74) is 5.08. The Balaban J connectivity index is 1.64. The van der Waals surface area contributed by atoms with Gasteiger partial charge in [0.2, 0.25) is 5.91 Å². The van der Waals surface area contributed by atoms with Crippen LogP contribution < -0.4 is 10.6 Å². The third-order valence-electron chi connectivity index (χ3n) is 4.87. The SMILES string of the molecule is CC(=O)Nc1cccc(C(C)NCC2CCCc3ccccc32)c1. The number of amides is 1. The number of nitrogens with one attached hydrogen (secondary N) is 2. The Morgan fingerprint density at radius 2 is 2.04 bits per heavy atom. The molecule has 0 heterocycles. The van der Waals surface area contributed by atoms with Crippen molar-refractivity contribution in [3.8, 4) is 0 Å². The Hall–Kier alpha value is -2.13. The van der Waals surface area contributed by atoms with Gasteiger partial charge >= 0.3 is 0 Å². The van der Waals surface area contributed by atoms with E-state index in [-0.39, 0.29) is 11.9 Å². The highest BCUT2D eigenvalue weighted by molar-refractivity contribution is 5.88. The molecule has 2 N–H and O–H groups in total. The van der Waals surface area contributed by atoms with Gasteiger partial charge in [-0.1, -0.05) is 36.4 Å². The Morgan fingerprint density at radius 1 is 1.21 bits per heavy atom. The lowest BCUT2D eigenvalue weighted by Crippen LogP contribution is -2.27. The van der Waals surface area contributed by atoms with E-state index in [1.54, 1.807) is 0 Å². The van der Waals surface area contributed by atoms with E-state index in [4.69, 9.17) is 0 Å². The number of anilines is 1. The zero-order chi connectivity index (χ0) is 16.9. The van der Waals surface area contributed by atoms with Crippen LogP contribution in [0.4, 0.5) is 5.69 Å². The molecule has 126 valence electrons. The smallest absolute Gasteiger partial charge is 0.221 e. The van der Waals surface area contributed by atoms with Crippen LogP contribution in [0.25, 0.3) is 0 Å². The van der Waals surface area contributed by atoms with Crippen LogP contribution in [0.15, 0.2) is 48.5 Å². The van der Waals surface area contributed by atoms with Crippen molar-refractivity contribution in [1.29, 1.82) is 0 Å². The summed E-state index contributed by atoms with van der Waals surface area (Å²) in [5, 5.41) is 6.53. The molecule has 1 amide bonds. The maximum Gasteiger partial charge on any atom is 0.221 e. The molecule has 0 saturated carbocycles. The molecule has 0 aromatic heterocycles. The first-order valence-corrected chi connectivity index (χ1v) is 8.82. The predicted molar refractivity (Wildman–Crippen MR) is 99.3 cm³/mol. The molecule has 1 aliphatic rings. The van der Waals surface area contributed by atoms with E-state index in [1.165, 1.54) is 42.9 Å². The van der Waals surface area contributed by atoms with Crippen LogP contribution in [0.3, 0.4) is 0 Å². The van der Waals surface area contributed by atoms with Crippen LogP contribution in [-0.4, -0.2) is 12.5 Å². The Labute approximate surface area is 144 Å². The van der Waals surface area contributed by atoms with Crippen LogP contribution >= 0.6 is 0 Å². The molecule has 24 heavy (non-hydrogen) atoms. The van der Waals surface area contributed by atoms with Gasteiger partial charge in [-0.15, -0.1) is 0 Å². The van der Waals surface area contributed by atoms with Gasteiger partial charge in [0.05, 0.1) is 0 Å². The van der Waals surface area contributed by atoms with Gasteiger partial charge in [-0.3, -0.25) is 4.79 Å². The summed E-state index contributed by atoms with van der Waals surface area (Å²) in [6.45, 7) is 4.71. The molecule has 0 bridgehead atoms. The summed E-state index contributed by atoms with van der Waals surface area (Å²) < 4.78 is 0. The van der Waals surface area contributed by atoms with Gasteiger partial charge in [0, 0.05) is 25.2 Å². The normalized spacial score (nSPS) is 17.8. The molecule has 3 nitrogen and oxygen atoms in total. The lowest BCUT2D eigenvalue weighted by atomic mass is 9.82. The maximum atomic E-state index is 11.2. The number of aryl methyl sites for hydroxylation is 1. The molecule has 3 heteroatoms. The number of hydrogen-bond donors (Lipinski definition) is 2. The molecule has 0 radical (unpaired) electrons. The van der Waals surface area contributed by atoms with E-state index in [9.17, 15) is 4.79 Å². The average molecular weight is 322 g/mol. The van der Waals surface area contributed by atoms with Gasteiger partial charge in [0.15, 0.2) is 0 Å². The second-order valence-electron chi connectivity index (χ2n) is 6.72. The molecule has 0 fully saturated rings. The lowest BCUT2D eigenvalue weighted by Gasteiger charge is -2.27. The van der Waals surface area contributed by atoms with Gasteiger partial charge < -0.3 is 10.6 Å². The maximum absolute atomic E-state index is 11.2. The summed E-state index contributed by atoms with van der Waals surface area (Å²) in [5.74, 6) is 0.558. The van der Waals surface area contributed by atoms with E-state index in [2.05, 4.69) is 47.9 Å². The van der Waals surface area contributed by atoms with E-state index >= 15 is 0 Å². The molecule has 2 unspecified atom stereocenters. The number of carbonyl (C=O) groups is 1. The predicted octanol–water partition coefficient (Wildman–Crippen LogP) is 4.42. The van der Waals surface area contributed by atoms with Gasteiger partial charge in [-0.25, -0.2) is 0 Å². The fourth-order valence-electron chi connectivity index (χ4n) is 3.59. The van der Waals surface area contributed by atoms with Crippen LogP contribution in [0.5, 0.6) is 0 Å². The second-order valence-corrected chi connectivity index (χ2v) is 6.72. The van der Waals surface area contributed by atoms with E-state index in [0.717, 1.165) is 12.2 Å². The molecule has 1 aliphatic carbocycles. The number of carbonyl (C=O) groups excluding carboxylic acids is 1. The second kappa shape index (κ2) is 7.63. The van der Waals surface area contributed by atoms with Crippen molar-refractivity contribution < 1.29 is 4.79 Å². The summed E-state index contributed by atoms with van der Waals surface area (Å²) in [6.07, 6.45) is 3.74. The molecule has 2 aromatic carbocycles. The standard InChI is InChI=1S/C21H26N2O/c1-15(18-9-6-11-20(13-18)23-16(2)24)22-14-19-10-5-8-17-7-3-4-12-21(17)19/h3-4,6-7,9,11-13,15,19,22H,5,8,10,14H2,1-2H3,(H,23,24). The van der Waals surface area contributed by atoms with Crippen LogP contribution in [-0.2, 0) is 11.2 Å². The molecule has 0 aliphatic heterocycles. The first-order chi connectivity index (χ1) is 11.6. The quantitative estimate of drug-likeness (QED) is 0.856. The van der Waals surface area contributed by atoms with Gasteiger partial charge in [0.1, 0.15) is 0 Å². The average Bonchev–Trinajstić information content (AvgIpc) is 2.59. The molecule has 3 rings (SSSR count). The number of fused-ring (bicyclic) bond motifs is 1. The highest BCUT2D eigenvalue weighted by atomic mass is 16.1. The summed E-state index contributed by atoms with van der Waals surface area (Å²) in [6, 6.07) is 17.2. The highest BCUT2D eigenvalue weighted by Gasteiger charge is 2.20. The van der Waals surface area contributed by atoms with E-state index in [0.29, 0.717) is 5.92 Å². The minimum absolute atomic E-state index is 0.0356. The molecular formula is C21H26N2O. The molecule has 0 spiro atoms. The fraction of sp³-hybridized carbons (Fsp3) is 0.381. The topological polar surface area (TPSA) is 41.1 Å². The highest BCUT2D eigenvalue weighted by Crippen LogP contribution is 2.31.